The number of halogens is 2. The number of H-pyrrole nitrogens is 1. The van der Waals surface area contributed by atoms with E-state index in [1.807, 2.05) is 25.3 Å². The van der Waals surface area contributed by atoms with Crippen molar-refractivity contribution in [1.29, 1.82) is 0 Å². The molecule has 0 saturated carbocycles. The number of nitrogens with one attached hydrogen (secondary N) is 2. The van der Waals surface area contributed by atoms with Crippen LogP contribution in [0.4, 0.5) is 0 Å². The van der Waals surface area contributed by atoms with Crippen LogP contribution in [0.2, 0.25) is 10.0 Å². The molecule has 90 valence electrons. The van der Waals surface area contributed by atoms with Gasteiger partial charge in [-0.1, -0.05) is 23.2 Å². The Bertz CT molecular complexity index is 462. The summed E-state index contributed by atoms with van der Waals surface area (Å²) in [5.74, 6) is 0.915. The van der Waals surface area contributed by atoms with Crippen molar-refractivity contribution in [1.82, 2.24) is 15.3 Å². The first-order valence-corrected chi connectivity index (χ1v) is 6.08. The first-order valence-electron chi connectivity index (χ1n) is 5.33. The lowest BCUT2D eigenvalue weighted by molar-refractivity contribution is 0.551. The molecule has 0 saturated heterocycles. The summed E-state index contributed by atoms with van der Waals surface area (Å²) in [6.45, 7) is 2.74. The maximum atomic E-state index is 5.93. The number of aromatic nitrogens is 2. The molecule has 2 rings (SSSR count). The molecule has 3 nitrogen and oxygen atoms in total. The van der Waals surface area contributed by atoms with E-state index in [-0.39, 0.29) is 6.04 Å². The molecular weight excluding hydrogens is 257 g/mol. The first kappa shape index (κ1) is 12.4. The minimum atomic E-state index is 0.155. The van der Waals surface area contributed by atoms with E-state index in [1.54, 1.807) is 12.3 Å². The highest BCUT2D eigenvalue weighted by Gasteiger charge is 2.07. The summed E-state index contributed by atoms with van der Waals surface area (Å²) in [5.41, 5.74) is 1.06. The van der Waals surface area contributed by atoms with Crippen molar-refractivity contribution in [2.24, 2.45) is 0 Å². The largest absolute Gasteiger partial charge is 0.347 e. The zero-order valence-corrected chi connectivity index (χ0v) is 10.9. The number of nitrogens with zero attached hydrogens (tertiary/aromatic N) is 1. The van der Waals surface area contributed by atoms with E-state index in [4.69, 9.17) is 23.2 Å². The van der Waals surface area contributed by atoms with E-state index in [9.17, 15) is 0 Å². The fraction of sp³-hybridized carbons (Fsp3) is 0.250. The molecule has 0 aliphatic rings. The van der Waals surface area contributed by atoms with Crippen LogP contribution in [0.15, 0.2) is 30.6 Å². The summed E-state index contributed by atoms with van der Waals surface area (Å²) in [6, 6.07) is 5.68. The van der Waals surface area contributed by atoms with Crippen molar-refractivity contribution < 1.29 is 0 Å². The van der Waals surface area contributed by atoms with Gasteiger partial charge in [0.25, 0.3) is 0 Å². The van der Waals surface area contributed by atoms with Gasteiger partial charge in [0, 0.05) is 29.0 Å². The zero-order chi connectivity index (χ0) is 12.3. The molecule has 17 heavy (non-hydrogen) atoms. The van der Waals surface area contributed by atoms with Crippen molar-refractivity contribution >= 4 is 23.2 Å². The molecule has 0 amide bonds. The molecule has 5 heteroatoms. The number of hydrogen-bond donors (Lipinski definition) is 2. The number of benzene rings is 1. The average Bonchev–Trinajstić information content (AvgIpc) is 2.78. The molecule has 0 aliphatic carbocycles. The molecule has 1 unspecified atom stereocenters. The van der Waals surface area contributed by atoms with Gasteiger partial charge in [0.2, 0.25) is 0 Å². The fourth-order valence-electron chi connectivity index (χ4n) is 1.59. The second-order valence-electron chi connectivity index (χ2n) is 3.85. The Labute approximate surface area is 110 Å². The van der Waals surface area contributed by atoms with Gasteiger partial charge < -0.3 is 10.3 Å². The number of aromatic amines is 1. The molecule has 2 aromatic rings. The quantitative estimate of drug-likeness (QED) is 0.891. The second-order valence-corrected chi connectivity index (χ2v) is 4.73. The highest BCUT2D eigenvalue weighted by atomic mass is 35.5. The zero-order valence-electron chi connectivity index (χ0n) is 9.37. The Morgan fingerprint density at radius 3 is 2.59 bits per heavy atom. The van der Waals surface area contributed by atoms with E-state index in [1.165, 1.54) is 0 Å². The van der Waals surface area contributed by atoms with Crippen molar-refractivity contribution in [2.75, 3.05) is 0 Å². The number of hydrogen-bond acceptors (Lipinski definition) is 2. The number of imidazole rings is 1. The summed E-state index contributed by atoms with van der Waals surface area (Å²) in [4.78, 5) is 7.26. The van der Waals surface area contributed by atoms with Crippen LogP contribution in [0.5, 0.6) is 0 Å². The molecule has 1 aromatic carbocycles. The van der Waals surface area contributed by atoms with E-state index >= 15 is 0 Å². The lowest BCUT2D eigenvalue weighted by Gasteiger charge is -2.11. The molecule has 1 aromatic heterocycles. The Balaban J connectivity index is 1.98. The van der Waals surface area contributed by atoms with Crippen molar-refractivity contribution in [3.05, 3.63) is 52.0 Å². The monoisotopic (exact) mass is 269 g/mol. The van der Waals surface area contributed by atoms with Crippen LogP contribution in [0.25, 0.3) is 0 Å². The molecule has 1 heterocycles. The summed E-state index contributed by atoms with van der Waals surface area (Å²) in [7, 11) is 0. The van der Waals surface area contributed by atoms with Crippen LogP contribution in [0.1, 0.15) is 24.4 Å². The van der Waals surface area contributed by atoms with E-state index < -0.39 is 0 Å². The van der Waals surface area contributed by atoms with E-state index in [0.717, 1.165) is 11.4 Å². The third-order valence-corrected chi connectivity index (χ3v) is 2.90. The van der Waals surface area contributed by atoms with Crippen molar-refractivity contribution in [2.45, 2.75) is 19.5 Å². The average molecular weight is 270 g/mol. The molecule has 2 N–H and O–H groups in total. The van der Waals surface area contributed by atoms with Crippen LogP contribution < -0.4 is 5.32 Å². The maximum absolute atomic E-state index is 5.93. The summed E-state index contributed by atoms with van der Waals surface area (Å²) < 4.78 is 0. The predicted octanol–water partition coefficient (Wildman–Crippen LogP) is 3.57. The van der Waals surface area contributed by atoms with Gasteiger partial charge in [-0.25, -0.2) is 4.98 Å². The second kappa shape index (κ2) is 5.54. The van der Waals surface area contributed by atoms with Crippen LogP contribution >= 0.6 is 23.2 Å². The molecule has 0 bridgehead atoms. The summed E-state index contributed by atoms with van der Waals surface area (Å²) in [5, 5.41) is 4.65. The van der Waals surface area contributed by atoms with Crippen molar-refractivity contribution in [3.8, 4) is 0 Å². The Kier molecular flexibility index (Phi) is 4.05. The minimum Gasteiger partial charge on any atom is -0.347 e. The number of rotatable bonds is 4. The van der Waals surface area contributed by atoms with Gasteiger partial charge in [-0.3, -0.25) is 0 Å². The van der Waals surface area contributed by atoms with Gasteiger partial charge in [0.1, 0.15) is 5.82 Å². The van der Waals surface area contributed by atoms with E-state index in [2.05, 4.69) is 15.3 Å². The Morgan fingerprint density at radius 2 is 2.00 bits per heavy atom. The molecule has 1 atom stereocenters. The predicted molar refractivity (Wildman–Crippen MR) is 70.3 cm³/mol. The van der Waals surface area contributed by atoms with Crippen LogP contribution in [-0.2, 0) is 6.54 Å². The van der Waals surface area contributed by atoms with Gasteiger partial charge in [-0.15, -0.1) is 0 Å². The SMILES string of the molecule is CC(NCc1cc(Cl)cc(Cl)c1)c1ncc[nH]1. The summed E-state index contributed by atoms with van der Waals surface area (Å²) in [6.07, 6.45) is 3.55. The lowest BCUT2D eigenvalue weighted by atomic mass is 10.2. The molecule has 0 spiro atoms. The minimum absolute atomic E-state index is 0.155. The van der Waals surface area contributed by atoms with Crippen LogP contribution in [0, 0.1) is 0 Å². The Morgan fingerprint density at radius 1 is 1.29 bits per heavy atom. The highest BCUT2D eigenvalue weighted by molar-refractivity contribution is 6.34. The van der Waals surface area contributed by atoms with Crippen LogP contribution in [0.3, 0.4) is 0 Å². The van der Waals surface area contributed by atoms with Gasteiger partial charge >= 0.3 is 0 Å². The molecule has 0 radical (unpaired) electrons. The van der Waals surface area contributed by atoms with E-state index in [0.29, 0.717) is 16.6 Å². The third-order valence-electron chi connectivity index (χ3n) is 2.46. The first-order chi connectivity index (χ1) is 8.15. The highest BCUT2D eigenvalue weighted by Crippen LogP contribution is 2.19. The van der Waals surface area contributed by atoms with Crippen LogP contribution in [-0.4, -0.2) is 9.97 Å². The Hall–Kier alpha value is -1.03. The topological polar surface area (TPSA) is 40.7 Å². The lowest BCUT2D eigenvalue weighted by Crippen LogP contribution is -2.19. The van der Waals surface area contributed by atoms with Gasteiger partial charge in [-0.2, -0.15) is 0 Å². The molecule has 0 aliphatic heterocycles. The normalized spacial score (nSPS) is 12.6. The summed E-state index contributed by atoms with van der Waals surface area (Å²) >= 11 is 11.9. The molecular formula is C12H13Cl2N3. The molecule has 0 fully saturated rings. The fourth-order valence-corrected chi connectivity index (χ4v) is 2.17. The van der Waals surface area contributed by atoms with Gasteiger partial charge in [0.15, 0.2) is 0 Å². The van der Waals surface area contributed by atoms with Crippen molar-refractivity contribution in [3.63, 3.8) is 0 Å². The smallest absolute Gasteiger partial charge is 0.122 e. The van der Waals surface area contributed by atoms with Gasteiger partial charge in [0.05, 0.1) is 6.04 Å². The maximum Gasteiger partial charge on any atom is 0.122 e. The van der Waals surface area contributed by atoms with Gasteiger partial charge in [-0.05, 0) is 30.7 Å². The third kappa shape index (κ3) is 3.46. The standard InChI is InChI=1S/C12H13Cl2N3/c1-8(12-15-2-3-16-12)17-7-9-4-10(13)6-11(14)5-9/h2-6,8,17H,7H2,1H3,(H,15,16).